The Hall–Kier alpha value is -2.83. The molecule has 1 atom stereocenters. The van der Waals surface area contributed by atoms with Crippen molar-refractivity contribution < 1.29 is 19.4 Å². The van der Waals surface area contributed by atoms with Gasteiger partial charge in [-0.3, -0.25) is 4.68 Å². The minimum absolute atomic E-state index is 0.0849. The van der Waals surface area contributed by atoms with Gasteiger partial charge in [-0.25, -0.2) is 9.59 Å². The fourth-order valence-corrected chi connectivity index (χ4v) is 2.16. The molecule has 0 aliphatic rings. The van der Waals surface area contributed by atoms with Crippen LogP contribution in [0.25, 0.3) is 0 Å². The van der Waals surface area contributed by atoms with Gasteiger partial charge in [-0.15, -0.1) is 0 Å². The average molecular weight is 317 g/mol. The number of aryl methyl sites for hydroxylation is 2. The fraction of sp³-hybridized carbons (Fsp3) is 0.312. The number of ether oxygens (including phenoxy) is 1. The zero-order chi connectivity index (χ0) is 16.8. The summed E-state index contributed by atoms with van der Waals surface area (Å²) in [5, 5.41) is 15.8. The molecule has 7 nitrogen and oxygen atoms in total. The van der Waals surface area contributed by atoms with Gasteiger partial charge in [0.1, 0.15) is 12.6 Å². The van der Waals surface area contributed by atoms with E-state index in [2.05, 4.69) is 10.4 Å². The highest BCUT2D eigenvalue weighted by Crippen LogP contribution is 2.08. The predicted molar refractivity (Wildman–Crippen MR) is 82.8 cm³/mol. The fourth-order valence-electron chi connectivity index (χ4n) is 2.16. The van der Waals surface area contributed by atoms with Gasteiger partial charge in [-0.1, -0.05) is 30.3 Å². The monoisotopic (exact) mass is 317 g/mol. The van der Waals surface area contributed by atoms with Crippen LogP contribution in [0.15, 0.2) is 36.5 Å². The number of aliphatic carboxylic acids is 1. The van der Waals surface area contributed by atoms with Crippen LogP contribution in [0.5, 0.6) is 0 Å². The largest absolute Gasteiger partial charge is 0.480 e. The van der Waals surface area contributed by atoms with Crippen molar-refractivity contribution in [1.82, 2.24) is 15.1 Å². The van der Waals surface area contributed by atoms with Gasteiger partial charge in [0.05, 0.1) is 5.69 Å². The second kappa shape index (κ2) is 7.44. The Bertz CT molecular complexity index is 682. The smallest absolute Gasteiger partial charge is 0.408 e. The number of amides is 1. The second-order valence-electron chi connectivity index (χ2n) is 5.23. The molecule has 1 heterocycles. The molecule has 1 aromatic carbocycles. The molecular weight excluding hydrogens is 298 g/mol. The van der Waals surface area contributed by atoms with Crippen molar-refractivity contribution in [1.29, 1.82) is 0 Å². The lowest BCUT2D eigenvalue weighted by atomic mass is 10.1. The predicted octanol–water partition coefficient (Wildman–Crippen LogP) is 1.65. The molecule has 7 heteroatoms. The highest BCUT2D eigenvalue weighted by Gasteiger charge is 2.23. The van der Waals surface area contributed by atoms with Crippen LogP contribution in [0.2, 0.25) is 0 Å². The summed E-state index contributed by atoms with van der Waals surface area (Å²) in [6.45, 7) is 1.93. The molecule has 0 aliphatic heterocycles. The van der Waals surface area contributed by atoms with Crippen LogP contribution in [0.1, 0.15) is 16.8 Å². The SMILES string of the molecule is Cc1cn(C)nc1CC(NC(=O)OCc1ccccc1)C(=O)O. The van der Waals surface area contributed by atoms with Crippen LogP contribution in [0, 0.1) is 6.92 Å². The molecular formula is C16H19N3O4. The number of nitrogens with zero attached hydrogens (tertiary/aromatic N) is 2. The molecule has 0 bridgehead atoms. The first kappa shape index (κ1) is 16.5. The number of nitrogens with one attached hydrogen (secondary N) is 1. The van der Waals surface area contributed by atoms with E-state index < -0.39 is 18.1 Å². The number of carboxylic acids is 1. The van der Waals surface area contributed by atoms with Crippen LogP contribution in [-0.4, -0.2) is 33.0 Å². The molecule has 0 saturated heterocycles. The Morgan fingerprint density at radius 3 is 2.61 bits per heavy atom. The molecule has 1 unspecified atom stereocenters. The molecule has 0 radical (unpaired) electrons. The lowest BCUT2D eigenvalue weighted by molar-refractivity contribution is -0.139. The van der Waals surface area contributed by atoms with E-state index in [-0.39, 0.29) is 13.0 Å². The summed E-state index contributed by atoms with van der Waals surface area (Å²) < 4.78 is 6.65. The third-order valence-electron chi connectivity index (χ3n) is 3.31. The van der Waals surface area contributed by atoms with E-state index in [9.17, 15) is 14.7 Å². The zero-order valence-corrected chi connectivity index (χ0v) is 13.0. The number of aromatic nitrogens is 2. The van der Waals surface area contributed by atoms with Crippen molar-refractivity contribution in [3.05, 3.63) is 53.3 Å². The van der Waals surface area contributed by atoms with Crippen LogP contribution in [-0.2, 0) is 29.6 Å². The maximum atomic E-state index is 11.8. The van der Waals surface area contributed by atoms with Crippen LogP contribution in [0.4, 0.5) is 4.79 Å². The molecule has 2 aromatic rings. The maximum Gasteiger partial charge on any atom is 0.408 e. The first-order valence-corrected chi connectivity index (χ1v) is 7.15. The molecule has 122 valence electrons. The van der Waals surface area contributed by atoms with Gasteiger partial charge in [-0.05, 0) is 18.1 Å². The van der Waals surface area contributed by atoms with Crippen LogP contribution < -0.4 is 5.32 Å². The Morgan fingerprint density at radius 1 is 1.35 bits per heavy atom. The Balaban J connectivity index is 1.92. The number of benzene rings is 1. The number of carbonyl (C=O) groups excluding carboxylic acids is 1. The van der Waals surface area contributed by atoms with E-state index in [4.69, 9.17) is 4.74 Å². The summed E-state index contributed by atoms with van der Waals surface area (Å²) in [5.74, 6) is -1.13. The van der Waals surface area contributed by atoms with E-state index in [1.807, 2.05) is 37.3 Å². The van der Waals surface area contributed by atoms with E-state index in [1.165, 1.54) is 0 Å². The van der Waals surface area contributed by atoms with Gasteiger partial charge < -0.3 is 15.2 Å². The quantitative estimate of drug-likeness (QED) is 0.845. The first-order chi connectivity index (χ1) is 11.0. The Kier molecular flexibility index (Phi) is 5.35. The average Bonchev–Trinajstić information content (AvgIpc) is 2.83. The number of hydrogen-bond donors (Lipinski definition) is 2. The molecule has 2 N–H and O–H groups in total. The van der Waals surface area contributed by atoms with Crippen molar-refractivity contribution >= 4 is 12.1 Å². The number of hydrogen-bond acceptors (Lipinski definition) is 4. The highest BCUT2D eigenvalue weighted by atomic mass is 16.5. The molecule has 2 rings (SSSR count). The van der Waals surface area contributed by atoms with E-state index in [0.717, 1.165) is 11.1 Å². The summed E-state index contributed by atoms with van der Waals surface area (Å²) >= 11 is 0. The molecule has 0 fully saturated rings. The van der Waals surface area contributed by atoms with Crippen molar-refractivity contribution in [2.45, 2.75) is 26.0 Å². The molecule has 0 saturated carbocycles. The second-order valence-corrected chi connectivity index (χ2v) is 5.23. The summed E-state index contributed by atoms with van der Waals surface area (Å²) in [6, 6.07) is 8.07. The Morgan fingerprint density at radius 2 is 2.04 bits per heavy atom. The van der Waals surface area contributed by atoms with Crippen LogP contribution >= 0.6 is 0 Å². The lowest BCUT2D eigenvalue weighted by Gasteiger charge is -2.14. The lowest BCUT2D eigenvalue weighted by Crippen LogP contribution is -2.42. The van der Waals surface area contributed by atoms with E-state index in [0.29, 0.717) is 5.69 Å². The van der Waals surface area contributed by atoms with Gasteiger partial charge in [0, 0.05) is 19.7 Å². The number of carboxylic acid groups (broad SMARTS) is 1. The van der Waals surface area contributed by atoms with Crippen molar-refractivity contribution in [2.75, 3.05) is 0 Å². The normalized spacial score (nSPS) is 11.7. The van der Waals surface area contributed by atoms with Gasteiger partial charge >= 0.3 is 12.1 Å². The zero-order valence-electron chi connectivity index (χ0n) is 13.0. The first-order valence-electron chi connectivity index (χ1n) is 7.15. The molecule has 0 aliphatic carbocycles. The van der Waals surface area contributed by atoms with Crippen molar-refractivity contribution in [3.63, 3.8) is 0 Å². The standard InChI is InChI=1S/C16H19N3O4/c1-11-9-19(2)18-13(11)8-14(15(20)21)17-16(22)23-10-12-6-4-3-5-7-12/h3-7,9,14H,8,10H2,1-2H3,(H,17,22)(H,20,21). The van der Waals surface area contributed by atoms with Gasteiger partial charge in [0.15, 0.2) is 0 Å². The van der Waals surface area contributed by atoms with E-state index >= 15 is 0 Å². The summed E-state index contributed by atoms with van der Waals surface area (Å²) in [6.07, 6.45) is 1.12. The topological polar surface area (TPSA) is 93.5 Å². The summed E-state index contributed by atoms with van der Waals surface area (Å²) in [7, 11) is 1.76. The number of carbonyl (C=O) groups is 2. The number of alkyl carbamates (subject to hydrolysis) is 1. The third kappa shape index (κ3) is 4.84. The van der Waals surface area contributed by atoms with Crippen molar-refractivity contribution in [3.8, 4) is 0 Å². The number of rotatable bonds is 6. The van der Waals surface area contributed by atoms with E-state index in [1.54, 1.807) is 17.9 Å². The van der Waals surface area contributed by atoms with Gasteiger partial charge in [-0.2, -0.15) is 5.10 Å². The van der Waals surface area contributed by atoms with Gasteiger partial charge in [0.25, 0.3) is 0 Å². The molecule has 1 amide bonds. The van der Waals surface area contributed by atoms with Crippen LogP contribution in [0.3, 0.4) is 0 Å². The summed E-state index contributed by atoms with van der Waals surface area (Å²) in [5.41, 5.74) is 2.33. The molecule has 0 spiro atoms. The minimum Gasteiger partial charge on any atom is -0.480 e. The minimum atomic E-state index is -1.13. The van der Waals surface area contributed by atoms with Gasteiger partial charge in [0.2, 0.25) is 0 Å². The third-order valence-corrected chi connectivity index (χ3v) is 3.31. The van der Waals surface area contributed by atoms with Crippen molar-refractivity contribution in [2.24, 2.45) is 7.05 Å². The molecule has 23 heavy (non-hydrogen) atoms. The summed E-state index contributed by atoms with van der Waals surface area (Å²) in [4.78, 5) is 23.1. The maximum absolute atomic E-state index is 11.8. The highest BCUT2D eigenvalue weighted by molar-refractivity contribution is 5.80. The molecule has 1 aromatic heterocycles. The Labute approximate surface area is 133 Å².